The van der Waals surface area contributed by atoms with Gasteiger partial charge in [0.1, 0.15) is 0 Å². The first kappa shape index (κ1) is 24.8. The summed E-state index contributed by atoms with van der Waals surface area (Å²) in [7, 11) is 0. The van der Waals surface area contributed by atoms with Crippen LogP contribution in [0.15, 0.2) is 91.0 Å². The summed E-state index contributed by atoms with van der Waals surface area (Å²) in [4.78, 5) is 18.3. The highest BCUT2D eigenvalue weighted by atomic mass is 16.2. The lowest BCUT2D eigenvalue weighted by atomic mass is 9.92. The van der Waals surface area contributed by atoms with Crippen LogP contribution in [-0.4, -0.2) is 40.9 Å². The monoisotopic (exact) mass is 480 g/mol. The molecule has 3 nitrogen and oxygen atoms in total. The fraction of sp³-hybridized carbons (Fsp3) is 0.424. The van der Waals surface area contributed by atoms with Gasteiger partial charge in [0.05, 0.1) is 6.04 Å². The summed E-state index contributed by atoms with van der Waals surface area (Å²) in [6.07, 6.45) is 9.17. The number of benzene rings is 3. The first-order valence-electron chi connectivity index (χ1n) is 13.9. The van der Waals surface area contributed by atoms with Crippen molar-refractivity contribution in [1.29, 1.82) is 0 Å². The zero-order valence-corrected chi connectivity index (χ0v) is 21.5. The maximum atomic E-state index is 13.6. The van der Waals surface area contributed by atoms with Gasteiger partial charge in [0, 0.05) is 25.7 Å². The molecular weight excluding hydrogens is 440 g/mol. The van der Waals surface area contributed by atoms with Crippen molar-refractivity contribution in [2.24, 2.45) is 5.92 Å². The van der Waals surface area contributed by atoms with Crippen molar-refractivity contribution in [3.8, 4) is 0 Å². The normalized spacial score (nSPS) is 19.8. The first-order chi connectivity index (χ1) is 17.8. The average Bonchev–Trinajstić information content (AvgIpc) is 3.23. The van der Waals surface area contributed by atoms with Gasteiger partial charge in [-0.25, -0.2) is 0 Å². The van der Waals surface area contributed by atoms with Crippen LogP contribution in [0.5, 0.6) is 0 Å². The van der Waals surface area contributed by atoms with Gasteiger partial charge in [0.25, 0.3) is 0 Å². The second kappa shape index (κ2) is 12.4. The molecule has 3 aromatic rings. The van der Waals surface area contributed by atoms with Crippen LogP contribution >= 0.6 is 0 Å². The predicted molar refractivity (Wildman–Crippen MR) is 148 cm³/mol. The minimum atomic E-state index is 0.0678. The average molecular weight is 481 g/mol. The first-order valence-corrected chi connectivity index (χ1v) is 13.9. The van der Waals surface area contributed by atoms with Gasteiger partial charge in [0.15, 0.2) is 0 Å². The summed E-state index contributed by atoms with van der Waals surface area (Å²) in [6.45, 7) is 2.72. The van der Waals surface area contributed by atoms with E-state index in [0.29, 0.717) is 17.9 Å². The molecule has 2 saturated heterocycles. The summed E-state index contributed by atoms with van der Waals surface area (Å²) in [6, 6.07) is 32.9. The molecule has 3 aromatic carbocycles. The minimum absolute atomic E-state index is 0.0678. The van der Waals surface area contributed by atoms with Gasteiger partial charge in [-0.3, -0.25) is 9.69 Å². The third-order valence-corrected chi connectivity index (χ3v) is 8.20. The molecule has 2 aliphatic rings. The van der Waals surface area contributed by atoms with Crippen LogP contribution in [0.1, 0.15) is 55.2 Å². The maximum Gasteiger partial charge on any atom is 0.240 e. The molecule has 3 heteroatoms. The van der Waals surface area contributed by atoms with E-state index in [9.17, 15) is 4.79 Å². The number of fused-ring (bicyclic) bond motifs is 2. The van der Waals surface area contributed by atoms with Crippen molar-refractivity contribution < 1.29 is 4.79 Å². The summed E-state index contributed by atoms with van der Waals surface area (Å²) >= 11 is 0. The summed E-state index contributed by atoms with van der Waals surface area (Å²) in [5.41, 5.74) is 4.16. The highest BCUT2D eigenvalue weighted by molar-refractivity contribution is 5.83. The van der Waals surface area contributed by atoms with Crippen LogP contribution in [0, 0.1) is 5.92 Å². The van der Waals surface area contributed by atoms with Crippen LogP contribution < -0.4 is 0 Å². The van der Waals surface area contributed by atoms with Crippen molar-refractivity contribution in [3.05, 3.63) is 108 Å². The summed E-state index contributed by atoms with van der Waals surface area (Å²) in [5.74, 6) is 0.942. The summed E-state index contributed by atoms with van der Waals surface area (Å²) < 4.78 is 0. The van der Waals surface area contributed by atoms with Crippen molar-refractivity contribution in [3.63, 3.8) is 0 Å². The Balaban J connectivity index is 1.19. The number of piperazine rings is 1. The molecule has 0 radical (unpaired) electrons. The highest BCUT2D eigenvalue weighted by Crippen LogP contribution is 2.33. The number of hydrogen-bond acceptors (Lipinski definition) is 2. The molecule has 2 heterocycles. The second-order valence-electron chi connectivity index (χ2n) is 10.8. The molecule has 2 bridgehead atoms. The number of aryl methyl sites for hydroxylation is 2. The Hall–Kier alpha value is -2.91. The number of carbonyl (C=O) groups is 1. The van der Waals surface area contributed by atoms with Gasteiger partial charge in [-0.1, -0.05) is 91.0 Å². The molecule has 0 aromatic heterocycles. The molecule has 2 fully saturated rings. The van der Waals surface area contributed by atoms with Crippen molar-refractivity contribution in [1.82, 2.24) is 9.80 Å². The number of carbonyl (C=O) groups excluding carboxylic acids is 1. The fourth-order valence-corrected chi connectivity index (χ4v) is 6.27. The SMILES string of the molecule is O=C1[C@@H]2CC[C@H](CN1CC(CCCc1ccccc1)CCCc1ccccc1)N2Cc1ccccc1. The number of likely N-dealkylation sites (tertiary alicyclic amines) is 1. The van der Waals surface area contributed by atoms with E-state index >= 15 is 0 Å². The molecule has 36 heavy (non-hydrogen) atoms. The van der Waals surface area contributed by atoms with E-state index in [1.165, 1.54) is 42.4 Å². The standard InChI is InChI=1S/C33H40N2O/c36-33-32-23-22-31(35(32)25-30-16-8-3-9-17-30)26-34(33)24-29(20-10-18-27-12-4-1-5-13-27)21-11-19-28-14-6-2-7-15-28/h1-9,12-17,29,31-32H,10-11,18-26H2/t31-,32+/m1/s1. The van der Waals surface area contributed by atoms with Crippen LogP contribution in [-0.2, 0) is 24.2 Å². The van der Waals surface area contributed by atoms with E-state index in [0.717, 1.165) is 45.3 Å². The van der Waals surface area contributed by atoms with E-state index in [4.69, 9.17) is 0 Å². The van der Waals surface area contributed by atoms with Crippen LogP contribution in [0.4, 0.5) is 0 Å². The van der Waals surface area contributed by atoms with Gasteiger partial charge < -0.3 is 4.90 Å². The summed E-state index contributed by atoms with van der Waals surface area (Å²) in [5, 5.41) is 0. The fourth-order valence-electron chi connectivity index (χ4n) is 6.27. The molecule has 0 spiro atoms. The third-order valence-electron chi connectivity index (χ3n) is 8.20. The minimum Gasteiger partial charge on any atom is -0.339 e. The Bertz CT molecular complexity index is 1020. The Kier molecular flexibility index (Phi) is 8.51. The molecule has 1 amide bonds. The quantitative estimate of drug-likeness (QED) is 0.294. The zero-order valence-electron chi connectivity index (χ0n) is 21.5. The van der Waals surface area contributed by atoms with Crippen LogP contribution in [0.2, 0.25) is 0 Å². The van der Waals surface area contributed by atoms with Crippen LogP contribution in [0.3, 0.4) is 0 Å². The van der Waals surface area contributed by atoms with Gasteiger partial charge in [-0.2, -0.15) is 0 Å². The third kappa shape index (κ3) is 6.44. The lowest BCUT2D eigenvalue weighted by molar-refractivity contribution is -0.142. The van der Waals surface area contributed by atoms with Crippen molar-refractivity contribution in [2.45, 2.75) is 70.0 Å². The van der Waals surface area contributed by atoms with Gasteiger partial charge >= 0.3 is 0 Å². The molecule has 2 aliphatic heterocycles. The van der Waals surface area contributed by atoms with Gasteiger partial charge in [-0.15, -0.1) is 0 Å². The van der Waals surface area contributed by atoms with E-state index in [-0.39, 0.29) is 6.04 Å². The number of amides is 1. The van der Waals surface area contributed by atoms with Crippen molar-refractivity contribution in [2.75, 3.05) is 13.1 Å². The van der Waals surface area contributed by atoms with E-state index in [2.05, 4.69) is 101 Å². The maximum absolute atomic E-state index is 13.6. The zero-order chi connectivity index (χ0) is 24.6. The molecule has 0 unspecified atom stereocenters. The number of hydrogen-bond donors (Lipinski definition) is 0. The van der Waals surface area contributed by atoms with Crippen LogP contribution in [0.25, 0.3) is 0 Å². The van der Waals surface area contributed by atoms with Crippen molar-refractivity contribution >= 4 is 5.91 Å². The predicted octanol–water partition coefficient (Wildman–Crippen LogP) is 6.52. The topological polar surface area (TPSA) is 23.6 Å². The smallest absolute Gasteiger partial charge is 0.240 e. The molecule has 0 aliphatic carbocycles. The lowest BCUT2D eigenvalue weighted by Crippen LogP contribution is -2.57. The number of nitrogens with zero attached hydrogens (tertiary/aromatic N) is 2. The Morgan fingerprint density at radius 3 is 1.78 bits per heavy atom. The van der Waals surface area contributed by atoms with E-state index in [1.807, 2.05) is 0 Å². The van der Waals surface area contributed by atoms with E-state index < -0.39 is 0 Å². The Morgan fingerprint density at radius 1 is 0.694 bits per heavy atom. The molecule has 188 valence electrons. The Morgan fingerprint density at radius 2 is 1.22 bits per heavy atom. The lowest BCUT2D eigenvalue weighted by Gasteiger charge is -2.41. The molecule has 2 atom stereocenters. The highest BCUT2D eigenvalue weighted by Gasteiger charge is 2.45. The molecule has 0 N–H and O–H groups in total. The number of rotatable bonds is 12. The molecule has 5 rings (SSSR count). The largest absolute Gasteiger partial charge is 0.339 e. The second-order valence-corrected chi connectivity index (χ2v) is 10.8. The molecule has 0 saturated carbocycles. The molecular formula is C33H40N2O. The van der Waals surface area contributed by atoms with Gasteiger partial charge in [0.2, 0.25) is 5.91 Å². The Labute approximate surface area is 217 Å². The van der Waals surface area contributed by atoms with E-state index in [1.54, 1.807) is 0 Å². The van der Waals surface area contributed by atoms with Gasteiger partial charge in [-0.05, 0) is 74.0 Å².